The molecule has 8 nitrogen and oxygen atoms in total. The molecule has 174 valence electrons. The Morgan fingerprint density at radius 1 is 1.03 bits per heavy atom. The van der Waals surface area contributed by atoms with E-state index in [0.717, 1.165) is 46.0 Å². The molecule has 8 heteroatoms. The average Bonchev–Trinajstić information content (AvgIpc) is 3.02. The standard InChI is InChI=1S/C25H32N6O2/c1-7-12-30(15-23(32)28-22-11-9-8-10-16(22)2)24(33)14-21-19(5)29-31(20(21)6)25-26-17(3)13-18(4)27-25/h8-11,13H,7,12,14-15H2,1-6H3,(H,28,32). The smallest absolute Gasteiger partial charge is 0.251 e. The van der Waals surface area contributed by atoms with Crippen molar-refractivity contribution in [1.29, 1.82) is 0 Å². The molecule has 0 aliphatic heterocycles. The van der Waals surface area contributed by atoms with E-state index in [9.17, 15) is 9.59 Å². The normalized spacial score (nSPS) is 10.8. The third-order valence-electron chi connectivity index (χ3n) is 5.53. The predicted octanol–water partition coefficient (Wildman–Crippen LogP) is 3.62. The van der Waals surface area contributed by atoms with Crippen LogP contribution in [0.25, 0.3) is 5.95 Å². The molecule has 2 amide bonds. The monoisotopic (exact) mass is 448 g/mol. The zero-order chi connectivity index (χ0) is 24.1. The van der Waals surface area contributed by atoms with Crippen LogP contribution >= 0.6 is 0 Å². The fourth-order valence-corrected chi connectivity index (χ4v) is 3.83. The molecule has 1 aromatic carbocycles. The van der Waals surface area contributed by atoms with Crippen LogP contribution in [0.2, 0.25) is 0 Å². The summed E-state index contributed by atoms with van der Waals surface area (Å²) in [4.78, 5) is 36.4. The molecule has 0 spiro atoms. The van der Waals surface area contributed by atoms with E-state index in [0.29, 0.717) is 12.5 Å². The first kappa shape index (κ1) is 24.1. The second-order valence-corrected chi connectivity index (χ2v) is 8.37. The van der Waals surface area contributed by atoms with Crippen LogP contribution < -0.4 is 5.32 Å². The number of para-hydroxylation sites is 1. The molecule has 0 saturated heterocycles. The van der Waals surface area contributed by atoms with E-state index >= 15 is 0 Å². The van der Waals surface area contributed by atoms with E-state index in [-0.39, 0.29) is 24.8 Å². The summed E-state index contributed by atoms with van der Waals surface area (Å²) in [7, 11) is 0. The fraction of sp³-hybridized carbons (Fsp3) is 0.400. The van der Waals surface area contributed by atoms with E-state index < -0.39 is 0 Å². The van der Waals surface area contributed by atoms with Crippen molar-refractivity contribution in [3.8, 4) is 5.95 Å². The summed E-state index contributed by atoms with van der Waals surface area (Å²) in [5.74, 6) is 0.178. The van der Waals surface area contributed by atoms with Crippen LogP contribution in [-0.4, -0.2) is 49.6 Å². The highest BCUT2D eigenvalue weighted by molar-refractivity contribution is 5.95. The number of anilines is 1. The van der Waals surface area contributed by atoms with Gasteiger partial charge in [0.25, 0.3) is 5.95 Å². The van der Waals surface area contributed by atoms with Gasteiger partial charge in [-0.1, -0.05) is 25.1 Å². The maximum atomic E-state index is 13.2. The minimum Gasteiger partial charge on any atom is -0.333 e. The molecule has 0 aliphatic carbocycles. The average molecular weight is 449 g/mol. The zero-order valence-electron chi connectivity index (χ0n) is 20.3. The van der Waals surface area contributed by atoms with Crippen molar-refractivity contribution in [2.24, 2.45) is 0 Å². The van der Waals surface area contributed by atoms with Gasteiger partial charge < -0.3 is 10.2 Å². The van der Waals surface area contributed by atoms with Crippen molar-refractivity contribution >= 4 is 17.5 Å². The predicted molar refractivity (Wildman–Crippen MR) is 128 cm³/mol. The Morgan fingerprint density at radius 2 is 1.70 bits per heavy atom. The first-order valence-corrected chi connectivity index (χ1v) is 11.2. The number of rotatable bonds is 8. The SMILES string of the molecule is CCCN(CC(=O)Nc1ccccc1C)C(=O)Cc1c(C)nn(-c2nc(C)cc(C)n2)c1C. The third kappa shape index (κ3) is 5.83. The number of hydrogen-bond acceptors (Lipinski definition) is 5. The van der Waals surface area contributed by atoms with Crippen molar-refractivity contribution in [3.05, 3.63) is 64.2 Å². The van der Waals surface area contributed by atoms with Gasteiger partial charge in [0.2, 0.25) is 11.8 Å². The molecule has 0 unspecified atom stereocenters. The van der Waals surface area contributed by atoms with Gasteiger partial charge in [0.15, 0.2) is 0 Å². The number of carbonyl (C=O) groups is 2. The van der Waals surface area contributed by atoms with Gasteiger partial charge in [0.1, 0.15) is 0 Å². The molecule has 33 heavy (non-hydrogen) atoms. The van der Waals surface area contributed by atoms with Crippen LogP contribution in [0, 0.1) is 34.6 Å². The molecule has 3 rings (SSSR count). The van der Waals surface area contributed by atoms with Gasteiger partial charge >= 0.3 is 0 Å². The number of carbonyl (C=O) groups excluding carboxylic acids is 2. The van der Waals surface area contributed by atoms with Gasteiger partial charge in [-0.2, -0.15) is 5.10 Å². The molecule has 0 saturated carbocycles. The quantitative estimate of drug-likeness (QED) is 0.568. The van der Waals surface area contributed by atoms with Crippen molar-refractivity contribution in [1.82, 2.24) is 24.6 Å². The second-order valence-electron chi connectivity index (χ2n) is 8.37. The number of benzene rings is 1. The second kappa shape index (κ2) is 10.4. The van der Waals surface area contributed by atoms with Gasteiger partial charge in [0.05, 0.1) is 18.7 Å². The highest BCUT2D eigenvalue weighted by atomic mass is 16.2. The highest BCUT2D eigenvalue weighted by Gasteiger charge is 2.22. The first-order valence-electron chi connectivity index (χ1n) is 11.2. The molecule has 0 aliphatic rings. The van der Waals surface area contributed by atoms with Crippen LogP contribution in [-0.2, 0) is 16.0 Å². The molecule has 0 fully saturated rings. The van der Waals surface area contributed by atoms with Gasteiger partial charge in [-0.3, -0.25) is 9.59 Å². The minimum absolute atomic E-state index is 0.00737. The summed E-state index contributed by atoms with van der Waals surface area (Å²) in [6, 6.07) is 9.50. The topological polar surface area (TPSA) is 93.0 Å². The number of nitrogens with zero attached hydrogens (tertiary/aromatic N) is 5. The Morgan fingerprint density at radius 3 is 2.33 bits per heavy atom. The van der Waals surface area contributed by atoms with Crippen molar-refractivity contribution in [3.63, 3.8) is 0 Å². The highest BCUT2D eigenvalue weighted by Crippen LogP contribution is 2.18. The Kier molecular flexibility index (Phi) is 7.58. The van der Waals surface area contributed by atoms with E-state index in [2.05, 4.69) is 20.4 Å². The molecular weight excluding hydrogens is 416 g/mol. The Hall–Kier alpha value is -3.55. The minimum atomic E-state index is -0.209. The summed E-state index contributed by atoms with van der Waals surface area (Å²) < 4.78 is 1.69. The lowest BCUT2D eigenvalue weighted by Gasteiger charge is -2.22. The van der Waals surface area contributed by atoms with Crippen LogP contribution in [0.15, 0.2) is 30.3 Å². The van der Waals surface area contributed by atoms with Gasteiger partial charge in [-0.05, 0) is 58.7 Å². The molecule has 0 atom stereocenters. The maximum Gasteiger partial charge on any atom is 0.251 e. The van der Waals surface area contributed by atoms with Gasteiger partial charge in [-0.15, -0.1) is 0 Å². The number of hydrogen-bond donors (Lipinski definition) is 1. The molecule has 1 N–H and O–H groups in total. The van der Waals surface area contributed by atoms with Crippen molar-refractivity contribution in [2.75, 3.05) is 18.4 Å². The third-order valence-corrected chi connectivity index (χ3v) is 5.53. The van der Waals surface area contributed by atoms with Crippen LogP contribution in [0.5, 0.6) is 0 Å². The lowest BCUT2D eigenvalue weighted by molar-refractivity contribution is -0.134. The molecule has 2 heterocycles. The van der Waals surface area contributed by atoms with E-state index in [1.165, 1.54) is 0 Å². The Balaban J connectivity index is 1.77. The summed E-state index contributed by atoms with van der Waals surface area (Å²) in [6.07, 6.45) is 0.928. The van der Waals surface area contributed by atoms with Crippen LogP contribution in [0.3, 0.4) is 0 Å². The Bertz CT molecular complexity index is 1150. The number of nitrogens with one attached hydrogen (secondary N) is 1. The largest absolute Gasteiger partial charge is 0.333 e. The molecule has 2 aromatic heterocycles. The number of amides is 2. The van der Waals surface area contributed by atoms with Crippen molar-refractivity contribution in [2.45, 2.75) is 54.4 Å². The lowest BCUT2D eigenvalue weighted by atomic mass is 10.1. The number of aromatic nitrogens is 4. The fourth-order valence-electron chi connectivity index (χ4n) is 3.83. The molecular formula is C25H32N6O2. The zero-order valence-corrected chi connectivity index (χ0v) is 20.3. The van der Waals surface area contributed by atoms with Gasteiger partial charge in [0, 0.05) is 34.9 Å². The van der Waals surface area contributed by atoms with E-state index in [1.807, 2.05) is 71.9 Å². The molecule has 0 radical (unpaired) electrons. The lowest BCUT2D eigenvalue weighted by Crippen LogP contribution is -2.39. The van der Waals surface area contributed by atoms with Crippen LogP contribution in [0.4, 0.5) is 5.69 Å². The maximum absolute atomic E-state index is 13.2. The summed E-state index contributed by atoms with van der Waals surface area (Å²) >= 11 is 0. The van der Waals surface area contributed by atoms with E-state index in [4.69, 9.17) is 0 Å². The van der Waals surface area contributed by atoms with Crippen LogP contribution in [0.1, 0.15) is 47.2 Å². The summed E-state index contributed by atoms with van der Waals surface area (Å²) in [5, 5.41) is 7.50. The molecule has 0 bridgehead atoms. The van der Waals surface area contributed by atoms with E-state index in [1.54, 1.807) is 9.58 Å². The summed E-state index contributed by atoms with van der Waals surface area (Å²) in [5.41, 5.74) is 5.87. The van der Waals surface area contributed by atoms with Gasteiger partial charge in [-0.25, -0.2) is 14.6 Å². The first-order chi connectivity index (χ1) is 15.7. The number of aryl methyl sites for hydroxylation is 4. The molecule has 3 aromatic rings. The Labute approximate surface area is 195 Å². The summed E-state index contributed by atoms with van der Waals surface area (Å²) in [6.45, 7) is 12.1. The van der Waals surface area contributed by atoms with Crippen molar-refractivity contribution < 1.29 is 9.59 Å².